The van der Waals surface area contributed by atoms with E-state index in [0.717, 1.165) is 134 Å². The predicted octanol–water partition coefficient (Wildman–Crippen LogP) is 28.9. The molecule has 0 spiro atoms. The first-order valence-corrected chi connectivity index (χ1v) is 43.2. The zero-order chi connectivity index (χ0) is 81.4. The van der Waals surface area contributed by atoms with Crippen LogP contribution in [0, 0.1) is 69.2 Å². The van der Waals surface area contributed by atoms with Crippen molar-refractivity contribution in [1.29, 1.82) is 0 Å². The molecule has 578 valence electrons. The minimum absolute atomic E-state index is 0.805. The summed E-state index contributed by atoms with van der Waals surface area (Å²) in [5, 5.41) is 8.36. The van der Waals surface area contributed by atoms with Crippen LogP contribution in [0.25, 0.3) is 180 Å². The summed E-state index contributed by atoms with van der Waals surface area (Å²) in [7, 11) is 0. The van der Waals surface area contributed by atoms with Crippen LogP contribution < -0.4 is 0 Å². The molecule has 24 rings (SSSR count). The van der Waals surface area contributed by atoms with Gasteiger partial charge < -0.3 is 8.83 Å². The SMILES string of the molecule is Cc1ccc(-c2nc(C)c3sc4ccccc4c3n2)cc1.Cc1ccc2c(c1)oc1cccnc12.Cc1ccnc2c1oc1ccc(-c3ccccc3)cc12.Cc1ccnc2c1sc1ccccc12.Cc1nc(-c2ccccc2)nc2c1sc1ccccc12.Cc1nc(C)c2sc3ccccc3c2n1.Cc1nc(C)c2sc3ccccc3c2n1. The van der Waals surface area contributed by atoms with Gasteiger partial charge in [-0.25, -0.2) is 39.9 Å². The second-order valence-corrected chi connectivity index (χ2v) is 34.4. The lowest BCUT2D eigenvalue weighted by Gasteiger charge is -2.03. The highest BCUT2D eigenvalue weighted by Gasteiger charge is 2.18. The average molecular weight is 1640 g/mol. The molecule has 0 radical (unpaired) electrons. The standard InChI is InChI=1S/C18H14N2S.C18H13NO.C17H12N2S.2C12H10N2S.C12H9NO.C12H9NS/c1-11-7-9-13(10-8-11)18-19-12(2)17-16(20-18)14-5-3-4-6-15(14)21-17;1-12-9-10-19-17-15-11-14(13-5-3-2-4-6-13)7-8-16(15)20-18(12)17;1-11-16-15(13-9-5-6-10-14(13)20-16)19-17(18-11)12-7-3-2-4-8-12;2*1-7-12-11(14-8(2)13-7)9-5-3-4-6-10(9)15-12;1-8-4-5-9-11(7-8)14-10-3-2-6-13-12(9)10;1-8-6-7-13-11-9-4-2-3-5-10(9)14-12(8)11/h3-10H,1-2H3;2-11H,1H3;2-10H,1H3;2*3-6H,1-2H3;2*2-7H,1H3. The molecule has 0 bridgehead atoms. The molecule has 0 aliphatic rings. The molecule has 13 nitrogen and oxygen atoms in total. The molecule has 0 amide bonds. The van der Waals surface area contributed by atoms with Gasteiger partial charge in [0, 0.05) is 90.9 Å². The van der Waals surface area contributed by atoms with Crippen molar-refractivity contribution in [1.82, 2.24) is 54.8 Å². The van der Waals surface area contributed by atoms with E-state index < -0.39 is 0 Å². The van der Waals surface area contributed by atoms with Crippen molar-refractivity contribution >= 4 is 202 Å². The Labute approximate surface area is 705 Å². The van der Waals surface area contributed by atoms with Gasteiger partial charge in [0.05, 0.1) is 73.9 Å². The molecule has 10 aromatic carbocycles. The third kappa shape index (κ3) is 15.8. The monoisotopic (exact) mass is 1640 g/mol. The molecule has 0 N–H and O–H groups in total. The van der Waals surface area contributed by atoms with Crippen LogP contribution in [0.4, 0.5) is 0 Å². The normalized spacial score (nSPS) is 11.3. The van der Waals surface area contributed by atoms with Gasteiger partial charge >= 0.3 is 0 Å². The number of furan rings is 2. The number of aryl methyl sites for hydroxylation is 10. The van der Waals surface area contributed by atoms with E-state index in [9.17, 15) is 0 Å². The van der Waals surface area contributed by atoms with E-state index in [0.29, 0.717) is 0 Å². The average Bonchev–Trinajstić information content (AvgIpc) is 1.59. The van der Waals surface area contributed by atoms with Gasteiger partial charge in [-0.2, -0.15) is 0 Å². The van der Waals surface area contributed by atoms with Crippen molar-refractivity contribution in [2.75, 3.05) is 0 Å². The molecule has 18 heteroatoms. The number of nitrogens with zero attached hydrogens (tertiary/aromatic N) is 11. The zero-order valence-corrected chi connectivity index (χ0v) is 71.0. The number of fused-ring (bicyclic) bond motifs is 21. The molecule has 0 fully saturated rings. The van der Waals surface area contributed by atoms with Crippen LogP contribution in [0.2, 0.25) is 0 Å². The third-order valence-electron chi connectivity index (χ3n) is 20.6. The van der Waals surface area contributed by atoms with Crippen molar-refractivity contribution in [3.63, 3.8) is 0 Å². The number of aromatic nitrogens is 11. The quantitative estimate of drug-likeness (QED) is 0.164. The summed E-state index contributed by atoms with van der Waals surface area (Å²) in [4.78, 5) is 50.0. The molecular weight excluding hydrogens is 1560 g/mol. The first-order valence-electron chi connectivity index (χ1n) is 39.1. The van der Waals surface area contributed by atoms with Gasteiger partial charge in [-0.1, -0.05) is 194 Å². The Morgan fingerprint density at radius 3 is 1.14 bits per heavy atom. The van der Waals surface area contributed by atoms with Crippen LogP contribution >= 0.6 is 56.7 Å². The van der Waals surface area contributed by atoms with Gasteiger partial charge in [0.25, 0.3) is 0 Å². The highest BCUT2D eigenvalue weighted by Crippen LogP contribution is 2.41. The van der Waals surface area contributed by atoms with Crippen LogP contribution in [0.3, 0.4) is 0 Å². The topological polar surface area (TPSA) is 168 Å². The summed E-state index contributed by atoms with van der Waals surface area (Å²) in [5.74, 6) is 3.31. The smallest absolute Gasteiger partial charge is 0.160 e. The fourth-order valence-corrected chi connectivity index (χ4v) is 20.2. The Balaban J connectivity index is 0.0000000960. The van der Waals surface area contributed by atoms with Crippen molar-refractivity contribution in [3.8, 4) is 33.9 Å². The molecule has 24 aromatic rings. The maximum absolute atomic E-state index is 5.91. The molecule has 0 saturated heterocycles. The van der Waals surface area contributed by atoms with Crippen LogP contribution in [-0.2, 0) is 0 Å². The lowest BCUT2D eigenvalue weighted by Crippen LogP contribution is -1.92. The van der Waals surface area contributed by atoms with Gasteiger partial charge in [-0.05, 0) is 176 Å². The molecule has 0 unspecified atom stereocenters. The molecular formula is C101H77N11O2S5. The molecule has 0 aliphatic heterocycles. The Bertz CT molecular complexity index is 7780. The molecule has 14 heterocycles. The Morgan fingerprint density at radius 2 is 0.630 bits per heavy atom. The summed E-state index contributed by atoms with van der Waals surface area (Å²) in [6, 6.07) is 91.2. The van der Waals surface area contributed by atoms with Crippen molar-refractivity contribution in [2.24, 2.45) is 0 Å². The lowest BCUT2D eigenvalue weighted by atomic mass is 10.0. The summed E-state index contributed by atoms with van der Waals surface area (Å²) in [6.07, 6.45) is 5.51. The van der Waals surface area contributed by atoms with Gasteiger partial charge in [0.1, 0.15) is 33.8 Å². The number of hydrogen-bond acceptors (Lipinski definition) is 18. The first-order chi connectivity index (χ1) is 58.1. The van der Waals surface area contributed by atoms with Crippen LogP contribution in [-0.4, -0.2) is 54.8 Å². The van der Waals surface area contributed by atoms with E-state index in [4.69, 9.17) is 23.8 Å². The van der Waals surface area contributed by atoms with E-state index in [1.165, 1.54) is 102 Å². The highest BCUT2D eigenvalue weighted by molar-refractivity contribution is 7.27. The lowest BCUT2D eigenvalue weighted by molar-refractivity contribution is 0.665. The second-order valence-electron chi connectivity index (χ2n) is 29.2. The number of pyridine rings is 3. The molecule has 0 atom stereocenters. The van der Waals surface area contributed by atoms with Gasteiger partial charge in [-0.3, -0.25) is 15.0 Å². The van der Waals surface area contributed by atoms with Crippen LogP contribution in [0.5, 0.6) is 0 Å². The minimum atomic E-state index is 0.805. The summed E-state index contributed by atoms with van der Waals surface area (Å²) in [6.45, 7) is 20.4. The number of benzene rings is 10. The largest absolute Gasteiger partial charge is 0.454 e. The Kier molecular flexibility index (Phi) is 21.6. The van der Waals surface area contributed by atoms with E-state index in [-0.39, 0.29) is 0 Å². The summed E-state index contributed by atoms with van der Waals surface area (Å²) >= 11 is 8.91. The second kappa shape index (κ2) is 33.3. The van der Waals surface area contributed by atoms with Gasteiger partial charge in [-0.15, -0.1) is 56.7 Å². The number of hydrogen-bond donors (Lipinski definition) is 0. The van der Waals surface area contributed by atoms with Crippen LogP contribution in [0.1, 0.15) is 56.7 Å². The fourth-order valence-electron chi connectivity index (χ4n) is 14.8. The van der Waals surface area contributed by atoms with E-state index in [1.54, 1.807) is 51.5 Å². The van der Waals surface area contributed by atoms with Crippen molar-refractivity contribution in [3.05, 3.63) is 342 Å². The molecule has 0 aliphatic carbocycles. The Hall–Kier alpha value is -13.3. The summed E-state index contributed by atoms with van der Waals surface area (Å²) < 4.78 is 24.1. The predicted molar refractivity (Wildman–Crippen MR) is 504 cm³/mol. The maximum atomic E-state index is 5.91. The zero-order valence-electron chi connectivity index (χ0n) is 66.9. The minimum Gasteiger partial charge on any atom is -0.454 e. The highest BCUT2D eigenvalue weighted by atomic mass is 32.1. The Morgan fingerprint density at radius 1 is 0.227 bits per heavy atom. The molecule has 0 saturated carbocycles. The fraction of sp³-hybridized carbons (Fsp3) is 0.0990. The van der Waals surface area contributed by atoms with Crippen molar-refractivity contribution < 1.29 is 8.83 Å². The van der Waals surface area contributed by atoms with Crippen molar-refractivity contribution in [2.45, 2.75) is 69.2 Å². The summed E-state index contributed by atoms with van der Waals surface area (Å²) in [5.41, 5.74) is 24.6. The molecule has 119 heavy (non-hydrogen) atoms. The maximum Gasteiger partial charge on any atom is 0.160 e. The van der Waals surface area contributed by atoms with E-state index in [1.807, 2.05) is 113 Å². The third-order valence-corrected chi connectivity index (χ3v) is 27.0. The van der Waals surface area contributed by atoms with Gasteiger partial charge in [0.2, 0.25) is 0 Å². The number of thiophene rings is 5. The van der Waals surface area contributed by atoms with E-state index >= 15 is 0 Å². The first kappa shape index (κ1) is 76.9. The molecule has 14 aromatic heterocycles. The van der Waals surface area contributed by atoms with E-state index in [2.05, 4.69) is 287 Å². The van der Waals surface area contributed by atoms with Crippen LogP contribution in [0.15, 0.2) is 294 Å². The number of rotatable bonds is 3. The van der Waals surface area contributed by atoms with Gasteiger partial charge in [0.15, 0.2) is 22.8 Å².